The molecule has 1 aromatic heterocycles. The van der Waals surface area contributed by atoms with Crippen molar-refractivity contribution >= 4 is 47.4 Å². The van der Waals surface area contributed by atoms with Gasteiger partial charge in [-0.2, -0.15) is 0 Å². The molecule has 1 aliphatic heterocycles. The highest BCUT2D eigenvalue weighted by Gasteiger charge is 2.25. The molecule has 2 aromatic rings. The number of nitrogens with zero attached hydrogens (tertiary/aromatic N) is 3. The number of hydrogen-bond donors (Lipinski definition) is 2. The second-order valence-electron chi connectivity index (χ2n) is 6.16. The van der Waals surface area contributed by atoms with Gasteiger partial charge >= 0.3 is 0 Å². The summed E-state index contributed by atoms with van der Waals surface area (Å²) < 4.78 is 5.26. The van der Waals surface area contributed by atoms with Gasteiger partial charge in [0.15, 0.2) is 5.96 Å². The van der Waals surface area contributed by atoms with Gasteiger partial charge in [0.1, 0.15) is 11.6 Å². The van der Waals surface area contributed by atoms with Crippen molar-refractivity contribution in [2.24, 2.45) is 4.99 Å². The Hall–Kier alpha value is -1.74. The minimum Gasteiger partial charge on any atom is -0.497 e. The number of guanidine groups is 1. The van der Waals surface area contributed by atoms with E-state index in [1.807, 2.05) is 30.3 Å². The van der Waals surface area contributed by atoms with Crippen LogP contribution in [0.25, 0.3) is 0 Å². The van der Waals surface area contributed by atoms with Crippen molar-refractivity contribution in [1.82, 2.24) is 15.6 Å². The second-order valence-corrected chi connectivity index (χ2v) is 6.57. The van der Waals surface area contributed by atoms with Crippen LogP contribution < -0.4 is 20.3 Å². The van der Waals surface area contributed by atoms with Gasteiger partial charge in [-0.15, -0.1) is 24.0 Å². The first-order valence-corrected chi connectivity index (χ1v) is 9.03. The number of anilines is 1. The number of ether oxygens (including phenoxy) is 1. The van der Waals surface area contributed by atoms with E-state index in [4.69, 9.17) is 16.3 Å². The maximum Gasteiger partial charge on any atom is 0.191 e. The lowest BCUT2D eigenvalue weighted by molar-refractivity contribution is 0.414. The molecule has 1 aromatic carbocycles. The van der Waals surface area contributed by atoms with E-state index in [1.165, 1.54) is 0 Å². The van der Waals surface area contributed by atoms with Crippen LogP contribution in [0.2, 0.25) is 5.02 Å². The standard InChI is InChI=1S/C19H24ClN5O.HI/c1-21-19(23-12-14-5-3-6-16(11-14)26-2)24-15-8-10-25(13-15)18-17(20)7-4-9-22-18;/h3-7,9,11,15H,8,10,12-13H2,1-2H3,(H2,21,23,24);1H. The number of rotatable bonds is 5. The van der Waals surface area contributed by atoms with Gasteiger partial charge < -0.3 is 20.3 Å². The summed E-state index contributed by atoms with van der Waals surface area (Å²) in [7, 11) is 3.45. The number of methoxy groups -OCH3 is 1. The SMILES string of the molecule is CN=C(NCc1cccc(OC)c1)NC1CCN(c2ncccc2Cl)C1.I. The Labute approximate surface area is 182 Å². The summed E-state index contributed by atoms with van der Waals surface area (Å²) in [6.07, 6.45) is 2.78. The number of halogens is 2. The fourth-order valence-corrected chi connectivity index (χ4v) is 3.28. The second kappa shape index (κ2) is 10.6. The van der Waals surface area contributed by atoms with Gasteiger partial charge in [0, 0.05) is 38.9 Å². The quantitative estimate of drug-likeness (QED) is 0.374. The monoisotopic (exact) mass is 501 g/mol. The third kappa shape index (κ3) is 5.87. The van der Waals surface area contributed by atoms with E-state index in [-0.39, 0.29) is 24.0 Å². The Morgan fingerprint density at radius 1 is 1.37 bits per heavy atom. The maximum atomic E-state index is 6.26. The van der Waals surface area contributed by atoms with Crippen LogP contribution >= 0.6 is 35.6 Å². The van der Waals surface area contributed by atoms with Crippen molar-refractivity contribution in [3.63, 3.8) is 0 Å². The van der Waals surface area contributed by atoms with Gasteiger partial charge in [-0.05, 0) is 36.2 Å². The van der Waals surface area contributed by atoms with Crippen LogP contribution in [0.3, 0.4) is 0 Å². The first kappa shape index (κ1) is 21.6. The topological polar surface area (TPSA) is 61.8 Å². The first-order chi connectivity index (χ1) is 12.7. The van der Waals surface area contributed by atoms with Crippen LogP contribution in [0.15, 0.2) is 47.6 Å². The third-order valence-corrected chi connectivity index (χ3v) is 4.68. The van der Waals surface area contributed by atoms with E-state index in [2.05, 4.69) is 31.6 Å². The molecule has 0 amide bonds. The van der Waals surface area contributed by atoms with Gasteiger partial charge in [-0.3, -0.25) is 4.99 Å². The van der Waals surface area contributed by atoms with E-state index in [0.29, 0.717) is 17.6 Å². The lowest BCUT2D eigenvalue weighted by Gasteiger charge is -2.20. The number of benzene rings is 1. The Bertz CT molecular complexity index is 773. The number of nitrogens with one attached hydrogen (secondary N) is 2. The molecule has 0 radical (unpaired) electrons. The highest BCUT2D eigenvalue weighted by Crippen LogP contribution is 2.25. The zero-order chi connectivity index (χ0) is 18.4. The predicted molar refractivity (Wildman–Crippen MR) is 122 cm³/mol. The summed E-state index contributed by atoms with van der Waals surface area (Å²) in [6.45, 7) is 2.44. The molecule has 0 saturated carbocycles. The molecular formula is C19H25ClIN5O. The molecule has 1 aliphatic rings. The fraction of sp³-hybridized carbons (Fsp3) is 0.368. The normalized spacial score (nSPS) is 16.6. The minimum absolute atomic E-state index is 0. The van der Waals surface area contributed by atoms with E-state index in [9.17, 15) is 0 Å². The zero-order valence-electron chi connectivity index (χ0n) is 15.5. The molecule has 8 heteroatoms. The van der Waals surface area contributed by atoms with Crippen molar-refractivity contribution in [2.45, 2.75) is 19.0 Å². The van der Waals surface area contributed by atoms with Crippen LogP contribution in [-0.4, -0.2) is 44.2 Å². The average Bonchev–Trinajstić information content (AvgIpc) is 3.14. The molecule has 2 heterocycles. The van der Waals surface area contributed by atoms with Gasteiger partial charge in [0.05, 0.1) is 12.1 Å². The molecule has 0 spiro atoms. The van der Waals surface area contributed by atoms with Crippen LogP contribution in [0.1, 0.15) is 12.0 Å². The van der Waals surface area contributed by atoms with Crippen LogP contribution in [-0.2, 0) is 6.54 Å². The lowest BCUT2D eigenvalue weighted by Crippen LogP contribution is -2.44. The number of pyridine rings is 1. The number of hydrogen-bond acceptors (Lipinski definition) is 4. The lowest BCUT2D eigenvalue weighted by atomic mass is 10.2. The molecule has 1 saturated heterocycles. The zero-order valence-corrected chi connectivity index (χ0v) is 18.6. The van der Waals surface area contributed by atoms with Crippen molar-refractivity contribution in [2.75, 3.05) is 32.1 Å². The van der Waals surface area contributed by atoms with Gasteiger partial charge in [0.25, 0.3) is 0 Å². The minimum atomic E-state index is 0. The molecule has 6 nitrogen and oxygen atoms in total. The number of aromatic nitrogens is 1. The first-order valence-electron chi connectivity index (χ1n) is 8.65. The summed E-state index contributed by atoms with van der Waals surface area (Å²) >= 11 is 6.26. The van der Waals surface area contributed by atoms with Crippen LogP contribution in [0.4, 0.5) is 5.82 Å². The van der Waals surface area contributed by atoms with E-state index < -0.39 is 0 Å². The van der Waals surface area contributed by atoms with E-state index in [0.717, 1.165) is 42.6 Å². The van der Waals surface area contributed by atoms with Crippen molar-refractivity contribution < 1.29 is 4.74 Å². The Morgan fingerprint density at radius 3 is 2.96 bits per heavy atom. The molecule has 0 aliphatic carbocycles. The molecule has 1 fully saturated rings. The summed E-state index contributed by atoms with van der Waals surface area (Å²) in [6, 6.07) is 12.0. The van der Waals surface area contributed by atoms with E-state index >= 15 is 0 Å². The molecular weight excluding hydrogens is 477 g/mol. The predicted octanol–water partition coefficient (Wildman–Crippen LogP) is 3.31. The van der Waals surface area contributed by atoms with Crippen molar-refractivity contribution in [1.29, 1.82) is 0 Å². The summed E-state index contributed by atoms with van der Waals surface area (Å²) in [5, 5.41) is 7.52. The summed E-state index contributed by atoms with van der Waals surface area (Å²) in [4.78, 5) is 10.9. The Morgan fingerprint density at radius 2 is 2.22 bits per heavy atom. The maximum absolute atomic E-state index is 6.26. The van der Waals surface area contributed by atoms with Gasteiger partial charge in [-0.25, -0.2) is 4.98 Å². The highest BCUT2D eigenvalue weighted by atomic mass is 127. The molecule has 146 valence electrons. The largest absolute Gasteiger partial charge is 0.497 e. The van der Waals surface area contributed by atoms with Crippen molar-refractivity contribution in [3.05, 3.63) is 53.2 Å². The Kier molecular flexibility index (Phi) is 8.43. The molecule has 0 bridgehead atoms. The van der Waals surface area contributed by atoms with Gasteiger partial charge in [-0.1, -0.05) is 23.7 Å². The molecule has 2 N–H and O–H groups in total. The van der Waals surface area contributed by atoms with Gasteiger partial charge in [0.2, 0.25) is 0 Å². The Balaban J connectivity index is 0.00000261. The van der Waals surface area contributed by atoms with Crippen LogP contribution in [0.5, 0.6) is 5.75 Å². The molecule has 3 rings (SSSR count). The molecule has 27 heavy (non-hydrogen) atoms. The molecule has 1 atom stereocenters. The molecule has 1 unspecified atom stereocenters. The smallest absolute Gasteiger partial charge is 0.191 e. The average molecular weight is 502 g/mol. The third-order valence-electron chi connectivity index (χ3n) is 4.39. The number of aliphatic imine (C=N–C) groups is 1. The van der Waals surface area contributed by atoms with Crippen LogP contribution in [0, 0.1) is 0 Å². The van der Waals surface area contributed by atoms with Crippen molar-refractivity contribution in [3.8, 4) is 5.75 Å². The fourth-order valence-electron chi connectivity index (χ4n) is 3.04. The summed E-state index contributed by atoms with van der Waals surface area (Å²) in [5.41, 5.74) is 1.14. The van der Waals surface area contributed by atoms with E-state index in [1.54, 1.807) is 20.4 Å². The highest BCUT2D eigenvalue weighted by molar-refractivity contribution is 14.0. The summed E-state index contributed by atoms with van der Waals surface area (Å²) in [5.74, 6) is 2.48.